The zero-order chi connectivity index (χ0) is 14.7. The molecule has 1 aliphatic rings. The van der Waals surface area contributed by atoms with Crippen molar-refractivity contribution in [2.24, 2.45) is 0 Å². The van der Waals surface area contributed by atoms with Crippen LogP contribution in [0.15, 0.2) is 48.5 Å². The Morgan fingerprint density at radius 1 is 1.00 bits per heavy atom. The molecule has 110 valence electrons. The van der Waals surface area contributed by atoms with Crippen LogP contribution < -0.4 is 9.47 Å². The van der Waals surface area contributed by atoms with Crippen LogP contribution in [0.4, 0.5) is 0 Å². The average Bonchev–Trinajstić information content (AvgIpc) is 3.24. The third kappa shape index (κ3) is 3.56. The summed E-state index contributed by atoms with van der Waals surface area (Å²) >= 11 is 0. The van der Waals surface area contributed by atoms with Gasteiger partial charge in [0.05, 0.1) is 12.7 Å². The molecular weight excluding hydrogens is 264 g/mol. The van der Waals surface area contributed by atoms with E-state index in [9.17, 15) is 5.11 Å². The molecule has 1 fully saturated rings. The molecule has 3 rings (SSSR count). The van der Waals surface area contributed by atoms with Gasteiger partial charge in [-0.15, -0.1) is 0 Å². The fraction of sp³-hybridized carbons (Fsp3) is 0.333. The molecule has 0 heterocycles. The molecule has 0 saturated heterocycles. The molecule has 0 aromatic heterocycles. The highest BCUT2D eigenvalue weighted by Crippen LogP contribution is 2.39. The van der Waals surface area contributed by atoms with Gasteiger partial charge >= 0.3 is 0 Å². The van der Waals surface area contributed by atoms with Gasteiger partial charge in [0.15, 0.2) is 11.5 Å². The first-order valence-electron chi connectivity index (χ1n) is 7.25. The average molecular weight is 284 g/mol. The molecule has 1 N–H and O–H groups in total. The predicted octanol–water partition coefficient (Wildman–Crippen LogP) is 3.34. The Hall–Kier alpha value is -2.00. The van der Waals surface area contributed by atoms with Crippen molar-refractivity contribution in [2.75, 3.05) is 7.11 Å². The molecule has 1 saturated carbocycles. The topological polar surface area (TPSA) is 38.7 Å². The van der Waals surface area contributed by atoms with Crippen LogP contribution in [-0.2, 0) is 13.0 Å². The largest absolute Gasteiger partial charge is 0.493 e. The van der Waals surface area contributed by atoms with Crippen molar-refractivity contribution < 1.29 is 14.6 Å². The van der Waals surface area contributed by atoms with E-state index in [-0.39, 0.29) is 0 Å². The maximum atomic E-state index is 10.00. The quantitative estimate of drug-likeness (QED) is 0.884. The second-order valence-electron chi connectivity index (χ2n) is 5.66. The SMILES string of the molecule is COc1cc(CC2(O)CC2)ccc1OCc1ccccc1. The first kappa shape index (κ1) is 14.0. The number of aliphatic hydroxyl groups is 1. The van der Waals surface area contributed by atoms with E-state index in [1.54, 1.807) is 7.11 Å². The lowest BCUT2D eigenvalue weighted by atomic mass is 10.1. The van der Waals surface area contributed by atoms with E-state index >= 15 is 0 Å². The van der Waals surface area contributed by atoms with Gasteiger partial charge in [0, 0.05) is 6.42 Å². The van der Waals surface area contributed by atoms with Gasteiger partial charge in [-0.25, -0.2) is 0 Å². The first-order valence-corrected chi connectivity index (χ1v) is 7.25. The molecule has 3 nitrogen and oxygen atoms in total. The normalized spacial score (nSPS) is 15.5. The van der Waals surface area contributed by atoms with Crippen molar-refractivity contribution in [3.05, 3.63) is 59.7 Å². The molecular formula is C18H20O3. The maximum absolute atomic E-state index is 10.00. The highest BCUT2D eigenvalue weighted by molar-refractivity contribution is 5.43. The van der Waals surface area contributed by atoms with Crippen molar-refractivity contribution in [1.29, 1.82) is 0 Å². The lowest BCUT2D eigenvalue weighted by Crippen LogP contribution is -2.10. The van der Waals surface area contributed by atoms with Gasteiger partial charge in [-0.2, -0.15) is 0 Å². The third-order valence-electron chi connectivity index (χ3n) is 3.83. The van der Waals surface area contributed by atoms with Gasteiger partial charge in [0.2, 0.25) is 0 Å². The van der Waals surface area contributed by atoms with Crippen LogP contribution in [0.5, 0.6) is 11.5 Å². The van der Waals surface area contributed by atoms with Crippen molar-refractivity contribution in [3.8, 4) is 11.5 Å². The summed E-state index contributed by atoms with van der Waals surface area (Å²) in [6.07, 6.45) is 2.46. The Bertz CT molecular complexity index is 603. The van der Waals surface area contributed by atoms with Gasteiger partial charge in [-0.1, -0.05) is 36.4 Å². The fourth-order valence-corrected chi connectivity index (χ4v) is 2.38. The Balaban J connectivity index is 1.69. The molecule has 21 heavy (non-hydrogen) atoms. The van der Waals surface area contributed by atoms with Crippen LogP contribution >= 0.6 is 0 Å². The number of benzene rings is 2. The summed E-state index contributed by atoms with van der Waals surface area (Å²) in [4.78, 5) is 0. The Labute approximate surface area is 125 Å². The Morgan fingerprint density at radius 3 is 2.43 bits per heavy atom. The van der Waals surface area contributed by atoms with Crippen LogP contribution in [0.25, 0.3) is 0 Å². The van der Waals surface area contributed by atoms with Crippen LogP contribution in [0.2, 0.25) is 0 Å². The Kier molecular flexibility index (Phi) is 3.84. The van der Waals surface area contributed by atoms with Gasteiger partial charge < -0.3 is 14.6 Å². The second kappa shape index (κ2) is 5.78. The maximum Gasteiger partial charge on any atom is 0.161 e. The fourth-order valence-electron chi connectivity index (χ4n) is 2.38. The first-order chi connectivity index (χ1) is 10.2. The predicted molar refractivity (Wildman–Crippen MR) is 81.7 cm³/mol. The van der Waals surface area contributed by atoms with E-state index in [4.69, 9.17) is 9.47 Å². The van der Waals surface area contributed by atoms with Crippen LogP contribution in [-0.4, -0.2) is 17.8 Å². The number of rotatable bonds is 6. The van der Waals surface area contributed by atoms with E-state index in [1.165, 1.54) is 0 Å². The molecule has 0 atom stereocenters. The van der Waals surface area contributed by atoms with E-state index in [0.717, 1.165) is 29.7 Å². The molecule has 1 aliphatic carbocycles. The molecule has 0 radical (unpaired) electrons. The second-order valence-corrected chi connectivity index (χ2v) is 5.66. The van der Waals surface area contributed by atoms with Crippen molar-refractivity contribution in [2.45, 2.75) is 31.5 Å². The van der Waals surface area contributed by atoms with E-state index in [2.05, 4.69) is 0 Å². The van der Waals surface area contributed by atoms with Crippen LogP contribution in [0, 0.1) is 0 Å². The van der Waals surface area contributed by atoms with Gasteiger partial charge in [0.1, 0.15) is 6.61 Å². The summed E-state index contributed by atoms with van der Waals surface area (Å²) in [5.41, 5.74) is 1.71. The number of methoxy groups -OCH3 is 1. The van der Waals surface area contributed by atoms with E-state index < -0.39 is 5.60 Å². The summed E-state index contributed by atoms with van der Waals surface area (Å²) in [5, 5.41) is 10.00. The Morgan fingerprint density at radius 2 is 1.76 bits per heavy atom. The molecule has 0 bridgehead atoms. The van der Waals surface area contributed by atoms with Gasteiger partial charge in [-0.05, 0) is 36.1 Å². The molecule has 2 aromatic rings. The van der Waals surface area contributed by atoms with Gasteiger partial charge in [-0.3, -0.25) is 0 Å². The smallest absolute Gasteiger partial charge is 0.161 e. The molecule has 0 unspecified atom stereocenters. The van der Waals surface area contributed by atoms with E-state index in [0.29, 0.717) is 18.8 Å². The summed E-state index contributed by atoms with van der Waals surface area (Å²) in [5.74, 6) is 1.44. The highest BCUT2D eigenvalue weighted by Gasteiger charge is 2.40. The zero-order valence-electron chi connectivity index (χ0n) is 12.2. The highest BCUT2D eigenvalue weighted by atomic mass is 16.5. The minimum absolute atomic E-state index is 0.489. The minimum Gasteiger partial charge on any atom is -0.493 e. The summed E-state index contributed by atoms with van der Waals surface area (Å²) < 4.78 is 11.2. The number of ether oxygens (including phenoxy) is 2. The molecule has 3 heteroatoms. The lowest BCUT2D eigenvalue weighted by molar-refractivity contribution is 0.151. The van der Waals surface area contributed by atoms with Crippen molar-refractivity contribution in [1.82, 2.24) is 0 Å². The lowest BCUT2D eigenvalue weighted by Gasteiger charge is -2.13. The summed E-state index contributed by atoms with van der Waals surface area (Å²) in [6.45, 7) is 0.514. The zero-order valence-corrected chi connectivity index (χ0v) is 12.2. The van der Waals surface area contributed by atoms with Crippen LogP contribution in [0.1, 0.15) is 24.0 Å². The number of hydrogen-bond donors (Lipinski definition) is 1. The van der Waals surface area contributed by atoms with Gasteiger partial charge in [0.25, 0.3) is 0 Å². The van der Waals surface area contributed by atoms with E-state index in [1.807, 2.05) is 48.5 Å². The molecule has 2 aromatic carbocycles. The van der Waals surface area contributed by atoms with Crippen LogP contribution in [0.3, 0.4) is 0 Å². The van der Waals surface area contributed by atoms with Crippen molar-refractivity contribution in [3.63, 3.8) is 0 Å². The third-order valence-corrected chi connectivity index (χ3v) is 3.83. The standard InChI is InChI=1S/C18H20O3/c1-20-17-11-15(12-18(19)9-10-18)7-8-16(17)21-13-14-5-3-2-4-6-14/h2-8,11,19H,9-10,12-13H2,1H3. The molecule has 0 amide bonds. The monoisotopic (exact) mass is 284 g/mol. The summed E-state index contributed by atoms with van der Waals surface area (Å²) in [7, 11) is 1.64. The number of hydrogen-bond acceptors (Lipinski definition) is 3. The molecule has 0 aliphatic heterocycles. The van der Waals surface area contributed by atoms with Crippen molar-refractivity contribution >= 4 is 0 Å². The minimum atomic E-state index is -0.489. The summed E-state index contributed by atoms with van der Waals surface area (Å²) in [6, 6.07) is 15.9. The molecule has 0 spiro atoms.